The topological polar surface area (TPSA) is 20.2 Å². The molecule has 2 aromatic heterocycles. The molecule has 0 aliphatic rings. The number of thiophene rings is 2. The quantitative estimate of drug-likeness (QED) is 0.829. The molecule has 2 rings (SSSR count). The Kier molecular flexibility index (Phi) is 3.21. The van der Waals surface area contributed by atoms with Crippen LogP contribution in [-0.2, 0) is 0 Å². The highest BCUT2D eigenvalue weighted by Crippen LogP contribution is 2.34. The molecule has 0 fully saturated rings. The van der Waals surface area contributed by atoms with E-state index in [2.05, 4.69) is 24.4 Å². The lowest BCUT2D eigenvalue weighted by atomic mass is 10.1. The Morgan fingerprint density at radius 3 is 3.00 bits per heavy atom. The maximum Gasteiger partial charge on any atom is 0.0882 e. The van der Waals surface area contributed by atoms with E-state index in [1.165, 1.54) is 9.40 Å². The molecule has 0 aromatic carbocycles. The molecule has 0 bridgehead atoms. The van der Waals surface area contributed by atoms with Crippen molar-refractivity contribution in [2.45, 2.75) is 32.3 Å². The molecule has 3 heteroatoms. The molecule has 14 heavy (non-hydrogen) atoms. The van der Waals surface area contributed by atoms with E-state index < -0.39 is 0 Å². The van der Waals surface area contributed by atoms with E-state index in [-0.39, 0.29) is 6.10 Å². The van der Waals surface area contributed by atoms with E-state index in [1.54, 1.807) is 22.7 Å². The van der Waals surface area contributed by atoms with Gasteiger partial charge in [0.15, 0.2) is 0 Å². The van der Waals surface area contributed by atoms with Crippen LogP contribution in [0.5, 0.6) is 0 Å². The molecular weight excluding hydrogens is 212 g/mol. The second-order valence-electron chi connectivity index (χ2n) is 3.46. The van der Waals surface area contributed by atoms with Crippen LogP contribution in [0.3, 0.4) is 0 Å². The SMILES string of the molecule is CCCCC(O)c1cc2sccc2s1. The Morgan fingerprint density at radius 1 is 1.43 bits per heavy atom. The van der Waals surface area contributed by atoms with Crippen LogP contribution in [-0.4, -0.2) is 5.11 Å². The lowest BCUT2D eigenvalue weighted by Gasteiger charge is -2.05. The highest BCUT2D eigenvalue weighted by Gasteiger charge is 2.11. The Bertz CT molecular complexity index is 373. The van der Waals surface area contributed by atoms with Gasteiger partial charge in [-0.15, -0.1) is 22.7 Å². The van der Waals surface area contributed by atoms with Crippen molar-refractivity contribution in [1.82, 2.24) is 0 Å². The first-order chi connectivity index (χ1) is 6.81. The number of hydrogen-bond acceptors (Lipinski definition) is 3. The zero-order valence-electron chi connectivity index (χ0n) is 8.19. The standard InChI is InChI=1S/C11H14OS2/c1-2-3-4-8(12)10-7-11-9(14-10)5-6-13-11/h5-8,12H,2-4H2,1H3. The van der Waals surface area contributed by atoms with Crippen molar-refractivity contribution in [3.63, 3.8) is 0 Å². The molecule has 2 heterocycles. The Balaban J connectivity index is 2.13. The molecule has 0 saturated carbocycles. The third-order valence-corrected chi connectivity index (χ3v) is 4.51. The van der Waals surface area contributed by atoms with Gasteiger partial charge < -0.3 is 5.11 Å². The maximum atomic E-state index is 9.89. The summed E-state index contributed by atoms with van der Waals surface area (Å²) in [5.41, 5.74) is 0. The minimum atomic E-state index is -0.250. The first-order valence-electron chi connectivity index (χ1n) is 4.96. The lowest BCUT2D eigenvalue weighted by molar-refractivity contribution is 0.168. The van der Waals surface area contributed by atoms with E-state index in [0.29, 0.717) is 0 Å². The normalized spacial score (nSPS) is 13.6. The monoisotopic (exact) mass is 226 g/mol. The molecule has 0 aliphatic carbocycles. The maximum absolute atomic E-state index is 9.89. The molecule has 0 spiro atoms. The van der Waals surface area contributed by atoms with Crippen LogP contribution in [0.2, 0.25) is 0 Å². The van der Waals surface area contributed by atoms with E-state index in [0.717, 1.165) is 24.1 Å². The van der Waals surface area contributed by atoms with Crippen LogP contribution >= 0.6 is 22.7 Å². The van der Waals surface area contributed by atoms with Crippen LogP contribution in [0, 0.1) is 0 Å². The molecule has 2 aromatic rings. The van der Waals surface area contributed by atoms with E-state index in [9.17, 15) is 5.11 Å². The number of fused-ring (bicyclic) bond motifs is 1. The van der Waals surface area contributed by atoms with Crippen molar-refractivity contribution < 1.29 is 5.11 Å². The molecule has 1 atom stereocenters. The third-order valence-electron chi connectivity index (χ3n) is 2.32. The largest absolute Gasteiger partial charge is 0.388 e. The van der Waals surface area contributed by atoms with Gasteiger partial charge in [-0.25, -0.2) is 0 Å². The highest BCUT2D eigenvalue weighted by atomic mass is 32.1. The summed E-state index contributed by atoms with van der Waals surface area (Å²) >= 11 is 3.47. The summed E-state index contributed by atoms with van der Waals surface area (Å²) in [7, 11) is 0. The smallest absolute Gasteiger partial charge is 0.0882 e. The Labute approximate surface area is 92.0 Å². The summed E-state index contributed by atoms with van der Waals surface area (Å²) in [6.45, 7) is 2.15. The summed E-state index contributed by atoms with van der Waals surface area (Å²) in [5.74, 6) is 0. The van der Waals surface area contributed by atoms with E-state index >= 15 is 0 Å². The van der Waals surface area contributed by atoms with E-state index in [1.807, 2.05) is 0 Å². The van der Waals surface area contributed by atoms with Crippen LogP contribution < -0.4 is 0 Å². The van der Waals surface area contributed by atoms with Crippen LogP contribution in [0.4, 0.5) is 0 Å². The van der Waals surface area contributed by atoms with Crippen LogP contribution in [0.1, 0.15) is 37.2 Å². The minimum absolute atomic E-state index is 0.250. The molecule has 1 nitrogen and oxygen atoms in total. The van der Waals surface area contributed by atoms with Gasteiger partial charge in [0.05, 0.1) is 6.10 Å². The Morgan fingerprint density at radius 2 is 2.29 bits per heavy atom. The summed E-state index contributed by atoms with van der Waals surface area (Å²) in [5, 5.41) is 12.0. The molecule has 0 amide bonds. The van der Waals surface area contributed by atoms with Gasteiger partial charge in [0.1, 0.15) is 0 Å². The van der Waals surface area contributed by atoms with Gasteiger partial charge in [-0.1, -0.05) is 19.8 Å². The fraction of sp³-hybridized carbons (Fsp3) is 0.455. The molecular formula is C11H14OS2. The molecule has 76 valence electrons. The number of rotatable bonds is 4. The van der Waals surface area contributed by atoms with Crippen molar-refractivity contribution in [3.8, 4) is 0 Å². The van der Waals surface area contributed by atoms with Gasteiger partial charge in [0.25, 0.3) is 0 Å². The predicted octanol–water partition coefficient (Wildman–Crippen LogP) is 4.19. The summed E-state index contributed by atoms with van der Waals surface area (Å²) < 4.78 is 2.61. The Hall–Kier alpha value is -0.380. The van der Waals surface area contributed by atoms with Crippen LogP contribution in [0.15, 0.2) is 17.5 Å². The van der Waals surface area contributed by atoms with Gasteiger partial charge >= 0.3 is 0 Å². The first-order valence-corrected chi connectivity index (χ1v) is 6.66. The van der Waals surface area contributed by atoms with E-state index in [4.69, 9.17) is 0 Å². The zero-order chi connectivity index (χ0) is 9.97. The third kappa shape index (κ3) is 2.00. The first kappa shape index (κ1) is 10.1. The fourth-order valence-electron chi connectivity index (χ4n) is 1.49. The zero-order valence-corrected chi connectivity index (χ0v) is 9.83. The lowest BCUT2D eigenvalue weighted by Crippen LogP contribution is -1.93. The van der Waals surface area contributed by atoms with Gasteiger partial charge in [0, 0.05) is 14.3 Å². The fourth-order valence-corrected chi connectivity index (χ4v) is 3.63. The minimum Gasteiger partial charge on any atom is -0.388 e. The average Bonchev–Trinajstić information content (AvgIpc) is 2.72. The molecule has 0 saturated heterocycles. The van der Waals surface area contributed by atoms with Crippen molar-refractivity contribution in [2.75, 3.05) is 0 Å². The number of hydrogen-bond donors (Lipinski definition) is 1. The summed E-state index contributed by atoms with van der Waals surface area (Å²) in [6.07, 6.45) is 2.90. The predicted molar refractivity (Wildman–Crippen MR) is 64.2 cm³/mol. The second-order valence-corrected chi connectivity index (χ2v) is 5.52. The number of aliphatic hydroxyl groups is 1. The number of aliphatic hydroxyl groups excluding tert-OH is 1. The van der Waals surface area contributed by atoms with Crippen molar-refractivity contribution in [3.05, 3.63) is 22.4 Å². The van der Waals surface area contributed by atoms with Gasteiger partial charge in [-0.3, -0.25) is 0 Å². The van der Waals surface area contributed by atoms with Crippen molar-refractivity contribution >= 4 is 32.1 Å². The van der Waals surface area contributed by atoms with Gasteiger partial charge in [-0.05, 0) is 23.9 Å². The van der Waals surface area contributed by atoms with Crippen LogP contribution in [0.25, 0.3) is 9.40 Å². The second kappa shape index (κ2) is 4.43. The molecule has 0 radical (unpaired) electrons. The number of unbranched alkanes of at least 4 members (excludes halogenated alkanes) is 1. The molecule has 0 aliphatic heterocycles. The molecule has 1 unspecified atom stereocenters. The van der Waals surface area contributed by atoms with Gasteiger partial charge in [-0.2, -0.15) is 0 Å². The van der Waals surface area contributed by atoms with Gasteiger partial charge in [0.2, 0.25) is 0 Å². The summed E-state index contributed by atoms with van der Waals surface area (Å²) in [4.78, 5) is 1.13. The van der Waals surface area contributed by atoms with Crippen molar-refractivity contribution in [1.29, 1.82) is 0 Å². The molecule has 1 N–H and O–H groups in total. The van der Waals surface area contributed by atoms with Crippen molar-refractivity contribution in [2.24, 2.45) is 0 Å². The highest BCUT2D eigenvalue weighted by molar-refractivity contribution is 7.26. The summed E-state index contributed by atoms with van der Waals surface area (Å²) in [6, 6.07) is 4.26. The average molecular weight is 226 g/mol.